The number of nitrogens with one attached hydrogen (secondary N) is 1. The van der Waals surface area contributed by atoms with Crippen LogP contribution in [-0.2, 0) is 9.53 Å². The lowest BCUT2D eigenvalue weighted by molar-refractivity contribution is -0.140. The van der Waals surface area contributed by atoms with Crippen LogP contribution in [0.2, 0.25) is 0 Å². The predicted molar refractivity (Wildman–Crippen MR) is 94.3 cm³/mol. The molecule has 0 aliphatic carbocycles. The molecular formula is C20H18N2O3. The van der Waals surface area contributed by atoms with Crippen LogP contribution in [0.15, 0.2) is 54.7 Å². The zero-order valence-electron chi connectivity index (χ0n) is 13.9. The van der Waals surface area contributed by atoms with Crippen LogP contribution in [0.5, 0.6) is 0 Å². The van der Waals surface area contributed by atoms with Crippen LogP contribution < -0.4 is 0 Å². The van der Waals surface area contributed by atoms with Crippen molar-refractivity contribution in [2.75, 3.05) is 13.7 Å². The first-order valence-electron chi connectivity index (χ1n) is 8.23. The fourth-order valence-electron chi connectivity index (χ4n) is 3.57. The predicted octanol–water partition coefficient (Wildman–Crippen LogP) is 3.28. The molecule has 5 nitrogen and oxygen atoms in total. The number of carbonyl (C=O) groups excluding carboxylic acids is 2. The summed E-state index contributed by atoms with van der Waals surface area (Å²) in [6.07, 6.45) is 2.13. The Bertz CT molecular complexity index is 960. The molecule has 2 aromatic carbocycles. The quantitative estimate of drug-likeness (QED) is 0.745. The molecular weight excluding hydrogens is 316 g/mol. The largest absolute Gasteiger partial charge is 0.469 e. The molecule has 1 amide bonds. The summed E-state index contributed by atoms with van der Waals surface area (Å²) in [7, 11) is 1.36. The summed E-state index contributed by atoms with van der Waals surface area (Å²) >= 11 is 0. The smallest absolute Gasteiger partial charge is 0.307 e. The Labute approximate surface area is 145 Å². The van der Waals surface area contributed by atoms with Crippen molar-refractivity contribution >= 4 is 22.8 Å². The van der Waals surface area contributed by atoms with E-state index in [1.54, 1.807) is 4.90 Å². The second kappa shape index (κ2) is 6.09. The molecule has 0 unspecified atom stereocenters. The van der Waals surface area contributed by atoms with E-state index in [0.717, 1.165) is 22.0 Å². The highest BCUT2D eigenvalue weighted by molar-refractivity contribution is 6.01. The fourth-order valence-corrected chi connectivity index (χ4v) is 3.57. The van der Waals surface area contributed by atoms with Crippen molar-refractivity contribution < 1.29 is 14.3 Å². The number of ether oxygens (including phenoxy) is 1. The molecule has 0 saturated heterocycles. The third-order valence-corrected chi connectivity index (χ3v) is 4.76. The highest BCUT2D eigenvalue weighted by Gasteiger charge is 2.38. The van der Waals surface area contributed by atoms with Gasteiger partial charge in [-0.25, -0.2) is 0 Å². The van der Waals surface area contributed by atoms with Crippen LogP contribution in [0.25, 0.3) is 10.9 Å². The topological polar surface area (TPSA) is 62.4 Å². The number of hydrogen-bond donors (Lipinski definition) is 1. The van der Waals surface area contributed by atoms with Gasteiger partial charge in [0.1, 0.15) is 0 Å². The van der Waals surface area contributed by atoms with Crippen molar-refractivity contribution in [1.29, 1.82) is 0 Å². The van der Waals surface area contributed by atoms with Crippen LogP contribution in [-0.4, -0.2) is 35.4 Å². The number of aromatic nitrogens is 1. The van der Waals surface area contributed by atoms with Gasteiger partial charge in [0, 0.05) is 34.8 Å². The van der Waals surface area contributed by atoms with Crippen molar-refractivity contribution in [3.63, 3.8) is 0 Å². The highest BCUT2D eigenvalue weighted by atomic mass is 16.5. The van der Waals surface area contributed by atoms with Gasteiger partial charge >= 0.3 is 5.97 Å². The summed E-state index contributed by atoms with van der Waals surface area (Å²) in [6.45, 7) is 0.324. The second-order valence-electron chi connectivity index (χ2n) is 6.10. The number of esters is 1. The number of aromatic amines is 1. The Hall–Kier alpha value is -3.08. The lowest BCUT2D eigenvalue weighted by Crippen LogP contribution is -2.31. The van der Waals surface area contributed by atoms with E-state index >= 15 is 0 Å². The van der Waals surface area contributed by atoms with E-state index in [1.807, 2.05) is 54.7 Å². The summed E-state index contributed by atoms with van der Waals surface area (Å²) < 4.78 is 4.74. The molecule has 1 aromatic heterocycles. The number of fused-ring (bicyclic) bond motifs is 2. The third kappa shape index (κ3) is 2.48. The van der Waals surface area contributed by atoms with Gasteiger partial charge in [-0.15, -0.1) is 0 Å². The number of hydrogen-bond acceptors (Lipinski definition) is 3. The lowest BCUT2D eigenvalue weighted by atomic mass is 9.97. The molecule has 3 aromatic rings. The summed E-state index contributed by atoms with van der Waals surface area (Å²) in [4.78, 5) is 29.5. The number of nitrogens with zero attached hydrogens (tertiary/aromatic N) is 1. The number of rotatable bonds is 4. The van der Waals surface area contributed by atoms with Crippen LogP contribution in [0.4, 0.5) is 0 Å². The number of carbonyl (C=O) groups is 2. The van der Waals surface area contributed by atoms with E-state index in [2.05, 4.69) is 4.98 Å². The van der Waals surface area contributed by atoms with Crippen molar-refractivity contribution in [2.45, 2.75) is 12.5 Å². The Morgan fingerprint density at radius 1 is 1.12 bits per heavy atom. The van der Waals surface area contributed by atoms with Gasteiger partial charge in [0.15, 0.2) is 0 Å². The molecule has 5 heteroatoms. The van der Waals surface area contributed by atoms with Gasteiger partial charge in [-0.1, -0.05) is 36.4 Å². The highest BCUT2D eigenvalue weighted by Crippen LogP contribution is 2.41. The number of benzene rings is 2. The average Bonchev–Trinajstić information content (AvgIpc) is 3.19. The first-order valence-corrected chi connectivity index (χ1v) is 8.23. The molecule has 0 spiro atoms. The number of amides is 1. The Kier molecular flexibility index (Phi) is 3.76. The molecule has 1 aliphatic rings. The second-order valence-corrected chi connectivity index (χ2v) is 6.10. The maximum Gasteiger partial charge on any atom is 0.307 e. The molecule has 1 atom stereocenters. The van der Waals surface area contributed by atoms with E-state index in [-0.39, 0.29) is 24.3 Å². The maximum atomic E-state index is 12.9. The van der Waals surface area contributed by atoms with Crippen molar-refractivity contribution in [3.8, 4) is 0 Å². The van der Waals surface area contributed by atoms with Crippen molar-refractivity contribution in [3.05, 3.63) is 71.4 Å². The third-order valence-electron chi connectivity index (χ3n) is 4.76. The molecule has 0 fully saturated rings. The van der Waals surface area contributed by atoms with E-state index in [9.17, 15) is 9.59 Å². The molecule has 0 bridgehead atoms. The minimum Gasteiger partial charge on any atom is -0.469 e. The van der Waals surface area contributed by atoms with Gasteiger partial charge in [-0.3, -0.25) is 9.59 Å². The van der Waals surface area contributed by atoms with Gasteiger partial charge in [-0.2, -0.15) is 0 Å². The van der Waals surface area contributed by atoms with Gasteiger partial charge in [-0.05, 0) is 17.7 Å². The van der Waals surface area contributed by atoms with Crippen LogP contribution in [0.3, 0.4) is 0 Å². The Morgan fingerprint density at radius 3 is 2.72 bits per heavy atom. The van der Waals surface area contributed by atoms with Gasteiger partial charge in [0.05, 0.1) is 19.6 Å². The maximum absolute atomic E-state index is 12.9. The van der Waals surface area contributed by atoms with E-state index in [1.165, 1.54) is 7.11 Å². The van der Waals surface area contributed by atoms with Gasteiger partial charge in [0.2, 0.25) is 0 Å². The zero-order chi connectivity index (χ0) is 17.4. The summed E-state index contributed by atoms with van der Waals surface area (Å²) in [5, 5.41) is 1.08. The minimum atomic E-state index is -0.318. The fraction of sp³-hybridized carbons (Fsp3) is 0.200. The van der Waals surface area contributed by atoms with Gasteiger partial charge < -0.3 is 14.6 Å². The van der Waals surface area contributed by atoms with E-state index in [4.69, 9.17) is 4.74 Å². The van der Waals surface area contributed by atoms with Crippen LogP contribution in [0, 0.1) is 0 Å². The number of H-pyrrole nitrogens is 1. The van der Waals surface area contributed by atoms with Crippen molar-refractivity contribution in [2.24, 2.45) is 0 Å². The molecule has 0 saturated carbocycles. The first kappa shape index (κ1) is 15.4. The molecule has 4 rings (SSSR count). The molecule has 1 aliphatic heterocycles. The number of methoxy groups -OCH3 is 1. The standard InChI is InChI=1S/C20H18N2O3/c1-25-18(23)10-11-22-19(14-7-2-3-8-15(14)20(22)24)16-12-21-17-9-5-4-6-13(16)17/h2-9,12,19,21H,10-11H2,1H3/t19-/m1/s1. The minimum absolute atomic E-state index is 0.0465. The summed E-state index contributed by atoms with van der Waals surface area (Å²) in [6, 6.07) is 15.5. The van der Waals surface area contributed by atoms with Gasteiger partial charge in [0.25, 0.3) is 5.91 Å². The van der Waals surface area contributed by atoms with Crippen molar-refractivity contribution in [1.82, 2.24) is 9.88 Å². The lowest BCUT2D eigenvalue weighted by Gasteiger charge is -2.25. The van der Waals surface area contributed by atoms with E-state index in [0.29, 0.717) is 12.1 Å². The SMILES string of the molecule is COC(=O)CCN1C(=O)c2ccccc2[C@@H]1c1c[nH]c2ccccc12. The molecule has 126 valence electrons. The monoisotopic (exact) mass is 334 g/mol. The summed E-state index contributed by atoms with van der Waals surface area (Å²) in [5.41, 5.74) is 3.74. The Morgan fingerprint density at radius 2 is 1.88 bits per heavy atom. The molecule has 1 N–H and O–H groups in total. The Balaban J connectivity index is 1.81. The number of para-hydroxylation sites is 1. The van der Waals surface area contributed by atoms with Crippen LogP contribution in [0.1, 0.15) is 33.9 Å². The first-order chi connectivity index (χ1) is 12.2. The zero-order valence-corrected chi connectivity index (χ0v) is 13.9. The van der Waals surface area contributed by atoms with Crippen LogP contribution >= 0.6 is 0 Å². The molecule has 0 radical (unpaired) electrons. The summed E-state index contributed by atoms with van der Waals surface area (Å²) in [5.74, 6) is -0.365. The molecule has 2 heterocycles. The molecule has 25 heavy (non-hydrogen) atoms. The normalized spacial score (nSPS) is 16.3. The van der Waals surface area contributed by atoms with E-state index < -0.39 is 0 Å². The average molecular weight is 334 g/mol.